The molecule has 1 atom stereocenters. The fraction of sp³-hybridized carbons (Fsp3) is 0.674. The van der Waals surface area contributed by atoms with Gasteiger partial charge >= 0.3 is 0 Å². The standard InChI is InChI=1S/C20H38N4.C18H33N.C3H8O.C2H4/c1-7-19(9-10-21-5)16-23-11-12-24(15-18(23)4)20(8-2)13-17(3)14-22-6;1-7-11-12-13-14-18(16(5)8-2)15-19(10-4)17(6)9-3;1-3(2)4;1-2/h8,13,19,21-22H,4,7,9-12,14-16H2,1-3,5-6H3;13-14H,6-12,15H2,1-5H3;3-4H,1-2H3;1-2H2/b17-13-,20-8+;14-13?,18-16+;;. The van der Waals surface area contributed by atoms with Gasteiger partial charge in [0.1, 0.15) is 0 Å². The average Bonchev–Trinajstić information content (AvgIpc) is 3.09. The van der Waals surface area contributed by atoms with Crippen molar-refractivity contribution in [3.8, 4) is 0 Å². The lowest BCUT2D eigenvalue weighted by Crippen LogP contribution is -2.45. The van der Waals surface area contributed by atoms with E-state index in [1.807, 2.05) is 14.1 Å². The van der Waals surface area contributed by atoms with E-state index in [1.165, 1.54) is 65.9 Å². The van der Waals surface area contributed by atoms with Crippen LogP contribution in [0.3, 0.4) is 0 Å². The molecule has 0 aromatic carbocycles. The molecule has 0 aromatic heterocycles. The molecule has 1 heterocycles. The summed E-state index contributed by atoms with van der Waals surface area (Å²) in [6.45, 7) is 44.0. The Kier molecular flexibility index (Phi) is 35.2. The number of aliphatic hydroxyl groups excluding tert-OH is 1. The maximum atomic E-state index is 8.06. The molecule has 49 heavy (non-hydrogen) atoms. The molecule has 3 N–H and O–H groups in total. The van der Waals surface area contributed by atoms with Crippen LogP contribution in [0.2, 0.25) is 0 Å². The summed E-state index contributed by atoms with van der Waals surface area (Å²) in [5.74, 6) is 0.750. The van der Waals surface area contributed by atoms with Crippen LogP contribution in [0.25, 0.3) is 0 Å². The molecule has 1 aliphatic heterocycles. The van der Waals surface area contributed by atoms with Gasteiger partial charge in [-0.15, -0.1) is 13.2 Å². The van der Waals surface area contributed by atoms with Gasteiger partial charge in [-0.05, 0) is 105 Å². The summed E-state index contributed by atoms with van der Waals surface area (Å²) in [7, 11) is 4.03. The Morgan fingerprint density at radius 2 is 1.65 bits per heavy atom. The minimum absolute atomic E-state index is 0.167. The number of hydrogen-bond acceptors (Lipinski definition) is 6. The van der Waals surface area contributed by atoms with Crippen LogP contribution in [-0.4, -0.2) is 92.4 Å². The van der Waals surface area contributed by atoms with E-state index >= 15 is 0 Å². The second-order valence-corrected chi connectivity index (χ2v) is 13.1. The highest BCUT2D eigenvalue weighted by molar-refractivity contribution is 5.27. The lowest BCUT2D eigenvalue weighted by Gasteiger charge is -2.41. The van der Waals surface area contributed by atoms with Gasteiger partial charge in [-0.25, -0.2) is 0 Å². The van der Waals surface area contributed by atoms with Gasteiger partial charge in [-0.1, -0.05) is 89.5 Å². The third kappa shape index (κ3) is 26.0. The van der Waals surface area contributed by atoms with Gasteiger partial charge < -0.3 is 30.4 Å². The molecule has 1 unspecified atom stereocenters. The molecule has 0 aromatic rings. The molecule has 1 aliphatic rings. The number of piperazine rings is 1. The van der Waals surface area contributed by atoms with Crippen molar-refractivity contribution in [2.75, 3.05) is 66.5 Å². The molecule has 0 amide bonds. The fourth-order valence-electron chi connectivity index (χ4n) is 5.24. The van der Waals surface area contributed by atoms with Crippen molar-refractivity contribution in [3.05, 3.63) is 84.4 Å². The van der Waals surface area contributed by atoms with Gasteiger partial charge in [0.25, 0.3) is 0 Å². The predicted octanol–water partition coefficient (Wildman–Crippen LogP) is 9.72. The third-order valence-electron chi connectivity index (χ3n) is 8.55. The van der Waals surface area contributed by atoms with Crippen molar-refractivity contribution in [2.24, 2.45) is 5.92 Å². The molecule has 286 valence electrons. The zero-order valence-electron chi connectivity index (χ0n) is 34.7. The maximum Gasteiger partial charge on any atom is 0.0573 e. The Morgan fingerprint density at radius 1 is 1.02 bits per heavy atom. The van der Waals surface area contributed by atoms with E-state index in [2.05, 4.69) is 131 Å². The van der Waals surface area contributed by atoms with Crippen LogP contribution in [-0.2, 0) is 0 Å². The van der Waals surface area contributed by atoms with Gasteiger partial charge in [0.2, 0.25) is 0 Å². The van der Waals surface area contributed by atoms with Gasteiger partial charge in [-0.3, -0.25) is 0 Å². The second kappa shape index (κ2) is 33.9. The summed E-state index contributed by atoms with van der Waals surface area (Å²) in [4.78, 5) is 7.34. The van der Waals surface area contributed by atoms with E-state index < -0.39 is 0 Å². The average molecular weight is 686 g/mol. The summed E-state index contributed by atoms with van der Waals surface area (Å²) < 4.78 is 0. The number of nitrogens with zero attached hydrogens (tertiary/aromatic N) is 3. The van der Waals surface area contributed by atoms with Crippen molar-refractivity contribution in [1.29, 1.82) is 0 Å². The van der Waals surface area contributed by atoms with E-state index in [0.29, 0.717) is 0 Å². The van der Waals surface area contributed by atoms with Crippen LogP contribution in [0.4, 0.5) is 0 Å². The molecule has 0 radical (unpaired) electrons. The zero-order chi connectivity index (χ0) is 38.2. The fourth-order valence-corrected chi connectivity index (χ4v) is 5.24. The molecule has 1 fully saturated rings. The van der Waals surface area contributed by atoms with Crippen LogP contribution >= 0.6 is 0 Å². The minimum Gasteiger partial charge on any atom is -0.394 e. The van der Waals surface area contributed by atoms with Crippen molar-refractivity contribution < 1.29 is 5.11 Å². The Labute approximate surface area is 306 Å². The highest BCUT2D eigenvalue weighted by Crippen LogP contribution is 2.21. The Hall–Kier alpha value is -2.54. The Balaban J connectivity index is -0.000000758. The third-order valence-corrected chi connectivity index (χ3v) is 8.55. The van der Waals surface area contributed by atoms with Crippen LogP contribution in [0.5, 0.6) is 0 Å². The van der Waals surface area contributed by atoms with Crippen molar-refractivity contribution in [2.45, 2.75) is 120 Å². The second-order valence-electron chi connectivity index (χ2n) is 13.1. The summed E-state index contributed by atoms with van der Waals surface area (Å²) >= 11 is 0. The van der Waals surface area contributed by atoms with Gasteiger partial charge in [-0.2, -0.15) is 0 Å². The lowest BCUT2D eigenvalue weighted by atomic mass is 10.0. The van der Waals surface area contributed by atoms with Crippen LogP contribution < -0.4 is 10.6 Å². The highest BCUT2D eigenvalue weighted by Gasteiger charge is 2.22. The summed E-state index contributed by atoms with van der Waals surface area (Å²) in [5, 5.41) is 14.5. The molecule has 1 saturated heterocycles. The smallest absolute Gasteiger partial charge is 0.0573 e. The van der Waals surface area contributed by atoms with Crippen molar-refractivity contribution in [1.82, 2.24) is 25.3 Å². The first kappa shape index (κ1) is 50.8. The molecule has 6 heteroatoms. The van der Waals surface area contributed by atoms with E-state index in [4.69, 9.17) is 5.11 Å². The van der Waals surface area contributed by atoms with E-state index in [9.17, 15) is 0 Å². The molecule has 1 rings (SSSR count). The molecule has 0 saturated carbocycles. The Morgan fingerprint density at radius 3 is 2.10 bits per heavy atom. The molecule has 6 nitrogen and oxygen atoms in total. The number of aliphatic hydroxyl groups is 1. The Bertz CT molecular complexity index is 959. The first-order chi connectivity index (χ1) is 23.4. The van der Waals surface area contributed by atoms with Crippen LogP contribution in [0.15, 0.2) is 84.4 Å². The molecule has 0 spiro atoms. The van der Waals surface area contributed by atoms with Crippen molar-refractivity contribution in [3.63, 3.8) is 0 Å². The van der Waals surface area contributed by atoms with Gasteiger partial charge in [0.15, 0.2) is 0 Å². The number of hydrogen-bond donors (Lipinski definition) is 3. The van der Waals surface area contributed by atoms with E-state index in [1.54, 1.807) is 13.8 Å². The molecule has 0 aliphatic carbocycles. The van der Waals surface area contributed by atoms with Gasteiger partial charge in [0.05, 0.1) is 6.54 Å². The highest BCUT2D eigenvalue weighted by atomic mass is 16.3. The SMILES string of the molecule is C=C.C=C(CC)N(CC)C/C(C=CCCCC)=C(\C)CC.C=C1CN(C(/C=C(/C)CNC)=C/C)CCN1CC(CC)CCNC.CC(C)O. The molecular weight excluding hydrogens is 603 g/mol. The lowest BCUT2D eigenvalue weighted by molar-refractivity contribution is 0.185. The number of nitrogens with one attached hydrogen (secondary N) is 2. The quantitative estimate of drug-likeness (QED) is 0.0674. The van der Waals surface area contributed by atoms with E-state index in [-0.39, 0.29) is 6.10 Å². The summed E-state index contributed by atoms with van der Waals surface area (Å²) in [6.07, 6.45) is 17.4. The normalized spacial score (nSPS) is 14.7. The van der Waals surface area contributed by atoms with E-state index in [0.717, 1.165) is 71.1 Å². The summed E-state index contributed by atoms with van der Waals surface area (Å²) in [6, 6.07) is 0. The topological polar surface area (TPSA) is 54.0 Å². The maximum absolute atomic E-state index is 8.06. The van der Waals surface area contributed by atoms with Crippen molar-refractivity contribution >= 4 is 0 Å². The van der Waals surface area contributed by atoms with Gasteiger partial charge in [0, 0.05) is 62.5 Å². The zero-order valence-corrected chi connectivity index (χ0v) is 34.7. The number of unbranched alkanes of at least 4 members (excludes halogenated alkanes) is 2. The largest absolute Gasteiger partial charge is 0.394 e. The predicted molar refractivity (Wildman–Crippen MR) is 223 cm³/mol. The number of allylic oxidation sites excluding steroid dienone is 5. The summed E-state index contributed by atoms with van der Waals surface area (Å²) in [5.41, 5.74) is 8.13. The number of rotatable bonds is 20. The van der Waals surface area contributed by atoms with Crippen LogP contribution in [0, 0.1) is 5.92 Å². The van der Waals surface area contributed by atoms with Crippen LogP contribution in [0.1, 0.15) is 114 Å². The first-order valence-electron chi connectivity index (χ1n) is 19.1. The first-order valence-corrected chi connectivity index (χ1v) is 19.1. The minimum atomic E-state index is -0.167. The monoisotopic (exact) mass is 686 g/mol. The molecule has 0 bridgehead atoms. The number of likely N-dealkylation sites (N-methyl/N-ethyl adjacent to an activating group) is 2. The molecular formula is C43H83N5O.